The van der Waals surface area contributed by atoms with Gasteiger partial charge in [-0.25, -0.2) is 0 Å². The molecule has 16 heavy (non-hydrogen) atoms. The molecule has 1 atom stereocenters. The second-order valence-corrected chi connectivity index (χ2v) is 4.42. The highest BCUT2D eigenvalue weighted by atomic mass is 32.2. The first-order valence-electron chi connectivity index (χ1n) is 5.17. The van der Waals surface area contributed by atoms with E-state index in [0.717, 1.165) is 17.9 Å². The van der Waals surface area contributed by atoms with Crippen molar-refractivity contribution in [2.75, 3.05) is 17.3 Å². The maximum Gasteiger partial charge on any atom is 0.271 e. The van der Waals surface area contributed by atoms with Crippen molar-refractivity contribution in [2.45, 2.75) is 19.4 Å². The molecule has 0 aliphatic carbocycles. The number of anilines is 1. The van der Waals surface area contributed by atoms with Crippen LogP contribution in [0, 0.1) is 10.1 Å². The lowest BCUT2D eigenvalue weighted by atomic mass is 10.2. The second-order valence-electron chi connectivity index (χ2n) is 3.51. The molecule has 5 heteroatoms. The normalized spacial score (nSPS) is 12.1. The predicted molar refractivity (Wildman–Crippen MR) is 69.2 cm³/mol. The lowest BCUT2D eigenvalue weighted by Crippen LogP contribution is -2.20. The molecule has 4 nitrogen and oxygen atoms in total. The molecule has 88 valence electrons. The van der Waals surface area contributed by atoms with Gasteiger partial charge in [0.05, 0.1) is 4.92 Å². The molecule has 0 spiro atoms. The van der Waals surface area contributed by atoms with Crippen LogP contribution in [0.4, 0.5) is 11.4 Å². The molecule has 0 heterocycles. The van der Waals surface area contributed by atoms with E-state index in [2.05, 4.69) is 18.5 Å². The van der Waals surface area contributed by atoms with Gasteiger partial charge in [0.15, 0.2) is 0 Å². The standard InChI is InChI=1S/C11H16N2O2S/c1-3-9(8-16-2)12-10-5-4-6-11(7-10)13(14)15/h4-7,9,12H,3,8H2,1-2H3. The number of hydrogen-bond donors (Lipinski definition) is 1. The number of nitrogens with zero attached hydrogens (tertiary/aromatic N) is 1. The van der Waals surface area contributed by atoms with Gasteiger partial charge in [-0.3, -0.25) is 10.1 Å². The molecule has 0 aliphatic rings. The van der Waals surface area contributed by atoms with Crippen molar-refractivity contribution < 1.29 is 4.92 Å². The molecular formula is C11H16N2O2S. The predicted octanol–water partition coefficient (Wildman–Crippen LogP) is 3.15. The zero-order valence-electron chi connectivity index (χ0n) is 9.47. The molecule has 0 radical (unpaired) electrons. The summed E-state index contributed by atoms with van der Waals surface area (Å²) >= 11 is 1.77. The summed E-state index contributed by atoms with van der Waals surface area (Å²) in [4.78, 5) is 10.2. The molecule has 0 amide bonds. The van der Waals surface area contributed by atoms with Crippen LogP contribution >= 0.6 is 11.8 Å². The number of nitro groups is 1. The van der Waals surface area contributed by atoms with E-state index in [9.17, 15) is 10.1 Å². The minimum absolute atomic E-state index is 0.129. The summed E-state index contributed by atoms with van der Waals surface area (Å²) in [7, 11) is 0. The molecule has 1 aromatic carbocycles. The number of nitro benzene ring substituents is 1. The minimum atomic E-state index is -0.374. The van der Waals surface area contributed by atoms with Crippen molar-refractivity contribution in [3.8, 4) is 0 Å². The Labute approximate surface area is 99.6 Å². The summed E-state index contributed by atoms with van der Waals surface area (Å²) in [6.45, 7) is 2.10. The summed E-state index contributed by atoms with van der Waals surface area (Å²) < 4.78 is 0. The third-order valence-electron chi connectivity index (χ3n) is 2.29. The number of rotatable bonds is 6. The van der Waals surface area contributed by atoms with Gasteiger partial charge in [-0.1, -0.05) is 13.0 Å². The Morgan fingerprint density at radius 1 is 1.56 bits per heavy atom. The Bertz CT molecular complexity index is 358. The molecule has 1 aromatic rings. The van der Waals surface area contributed by atoms with Gasteiger partial charge in [0.25, 0.3) is 5.69 Å². The van der Waals surface area contributed by atoms with Crippen molar-refractivity contribution in [1.82, 2.24) is 0 Å². The maximum absolute atomic E-state index is 10.6. The van der Waals surface area contributed by atoms with Gasteiger partial charge in [-0.2, -0.15) is 11.8 Å². The Kier molecular flexibility index (Phi) is 5.11. The smallest absolute Gasteiger partial charge is 0.271 e. The summed E-state index contributed by atoms with van der Waals surface area (Å²) in [5, 5.41) is 13.9. The molecule has 0 aromatic heterocycles. The molecule has 0 aliphatic heterocycles. The van der Waals surface area contributed by atoms with E-state index >= 15 is 0 Å². The van der Waals surface area contributed by atoms with Gasteiger partial charge in [-0.05, 0) is 18.7 Å². The fourth-order valence-electron chi connectivity index (χ4n) is 1.41. The van der Waals surface area contributed by atoms with Gasteiger partial charge in [0.2, 0.25) is 0 Å². The monoisotopic (exact) mass is 240 g/mol. The summed E-state index contributed by atoms with van der Waals surface area (Å²) in [5.41, 5.74) is 0.944. The van der Waals surface area contributed by atoms with Crippen LogP contribution in [-0.2, 0) is 0 Å². The van der Waals surface area contributed by atoms with E-state index in [-0.39, 0.29) is 10.6 Å². The topological polar surface area (TPSA) is 55.2 Å². The lowest BCUT2D eigenvalue weighted by molar-refractivity contribution is -0.384. The first-order chi connectivity index (χ1) is 7.67. The first kappa shape index (κ1) is 12.8. The van der Waals surface area contributed by atoms with E-state index in [1.54, 1.807) is 23.9 Å². The first-order valence-corrected chi connectivity index (χ1v) is 6.56. The highest BCUT2D eigenvalue weighted by Gasteiger charge is 2.08. The van der Waals surface area contributed by atoms with E-state index < -0.39 is 0 Å². The number of hydrogen-bond acceptors (Lipinski definition) is 4. The molecule has 0 fully saturated rings. The molecule has 1 unspecified atom stereocenters. The Morgan fingerprint density at radius 3 is 2.88 bits per heavy atom. The fourth-order valence-corrected chi connectivity index (χ4v) is 2.13. The number of nitrogens with one attached hydrogen (secondary N) is 1. The van der Waals surface area contributed by atoms with Crippen molar-refractivity contribution >= 4 is 23.1 Å². The Morgan fingerprint density at radius 2 is 2.31 bits per heavy atom. The maximum atomic E-state index is 10.6. The van der Waals surface area contributed by atoms with E-state index in [0.29, 0.717) is 6.04 Å². The fraction of sp³-hybridized carbons (Fsp3) is 0.455. The second kappa shape index (κ2) is 6.37. The zero-order valence-corrected chi connectivity index (χ0v) is 10.3. The summed E-state index contributed by atoms with van der Waals surface area (Å²) in [5.74, 6) is 0.999. The number of thioether (sulfide) groups is 1. The lowest BCUT2D eigenvalue weighted by Gasteiger charge is -2.16. The van der Waals surface area contributed by atoms with Gasteiger partial charge in [-0.15, -0.1) is 0 Å². The van der Waals surface area contributed by atoms with Crippen molar-refractivity contribution in [3.63, 3.8) is 0 Å². The van der Waals surface area contributed by atoms with E-state index in [4.69, 9.17) is 0 Å². The highest BCUT2D eigenvalue weighted by molar-refractivity contribution is 7.98. The average Bonchev–Trinajstić information content (AvgIpc) is 2.29. The van der Waals surface area contributed by atoms with Crippen LogP contribution in [0.2, 0.25) is 0 Å². The highest BCUT2D eigenvalue weighted by Crippen LogP contribution is 2.19. The van der Waals surface area contributed by atoms with Crippen molar-refractivity contribution in [3.05, 3.63) is 34.4 Å². The number of benzene rings is 1. The van der Waals surface area contributed by atoms with E-state index in [1.807, 2.05) is 6.07 Å². The van der Waals surface area contributed by atoms with Crippen LogP contribution < -0.4 is 5.32 Å². The molecule has 0 saturated heterocycles. The van der Waals surface area contributed by atoms with Crippen LogP contribution in [0.15, 0.2) is 24.3 Å². The summed E-state index contributed by atoms with van der Waals surface area (Å²) in [6, 6.07) is 6.99. The zero-order chi connectivity index (χ0) is 12.0. The summed E-state index contributed by atoms with van der Waals surface area (Å²) in [6.07, 6.45) is 3.06. The van der Waals surface area contributed by atoms with Crippen LogP contribution in [0.1, 0.15) is 13.3 Å². The Balaban J connectivity index is 2.72. The van der Waals surface area contributed by atoms with E-state index in [1.165, 1.54) is 6.07 Å². The quantitative estimate of drug-likeness (QED) is 0.613. The van der Waals surface area contributed by atoms with Crippen LogP contribution in [0.3, 0.4) is 0 Å². The third-order valence-corrected chi connectivity index (χ3v) is 3.02. The van der Waals surface area contributed by atoms with Crippen LogP contribution in [0.25, 0.3) is 0 Å². The van der Waals surface area contributed by atoms with Gasteiger partial charge in [0.1, 0.15) is 0 Å². The molecule has 1 rings (SSSR count). The van der Waals surface area contributed by atoms with Gasteiger partial charge in [0, 0.05) is 29.6 Å². The Hall–Kier alpha value is -1.23. The van der Waals surface area contributed by atoms with Crippen molar-refractivity contribution in [1.29, 1.82) is 0 Å². The SMILES string of the molecule is CCC(CSC)Nc1cccc([N+](=O)[O-])c1. The number of non-ortho nitro benzene ring substituents is 1. The van der Waals surface area contributed by atoms with Crippen LogP contribution in [-0.4, -0.2) is 23.0 Å². The largest absolute Gasteiger partial charge is 0.381 e. The minimum Gasteiger partial charge on any atom is -0.381 e. The third kappa shape index (κ3) is 3.73. The molecular weight excluding hydrogens is 224 g/mol. The van der Waals surface area contributed by atoms with Gasteiger partial charge < -0.3 is 5.32 Å². The molecule has 1 N–H and O–H groups in total. The van der Waals surface area contributed by atoms with Crippen molar-refractivity contribution in [2.24, 2.45) is 0 Å². The molecule has 0 saturated carbocycles. The van der Waals surface area contributed by atoms with Crippen LogP contribution in [0.5, 0.6) is 0 Å². The average molecular weight is 240 g/mol. The molecule has 0 bridgehead atoms. The van der Waals surface area contributed by atoms with Gasteiger partial charge >= 0.3 is 0 Å².